The van der Waals surface area contributed by atoms with Gasteiger partial charge in [0, 0.05) is 16.6 Å². The summed E-state index contributed by atoms with van der Waals surface area (Å²) in [7, 11) is 1.55. The molecule has 9 nitrogen and oxygen atoms in total. The zero-order chi connectivity index (χ0) is 23.8. The molecule has 0 spiro atoms. The van der Waals surface area contributed by atoms with E-state index in [1.165, 1.54) is 0 Å². The molecule has 0 fully saturated rings. The molecule has 0 aliphatic heterocycles. The van der Waals surface area contributed by atoms with Crippen molar-refractivity contribution in [2.75, 3.05) is 20.3 Å². The number of methoxy groups -OCH3 is 1. The van der Waals surface area contributed by atoms with Crippen LogP contribution < -0.4 is 20.3 Å². The summed E-state index contributed by atoms with van der Waals surface area (Å²) in [5.41, 5.74) is 0.486. The number of ether oxygens (including phenoxy) is 3. The van der Waals surface area contributed by atoms with Gasteiger partial charge in [-0.05, 0) is 31.2 Å². The number of benzene rings is 2. The lowest BCUT2D eigenvalue weighted by molar-refractivity contribution is -0.123. The lowest BCUT2D eigenvalue weighted by Crippen LogP contribution is -2.30. The number of halogens is 1. The molecule has 33 heavy (non-hydrogen) atoms. The largest absolute Gasteiger partial charge is 0.496 e. The third-order valence-corrected chi connectivity index (χ3v) is 4.94. The maximum absolute atomic E-state index is 12.6. The maximum atomic E-state index is 12.6. The van der Waals surface area contributed by atoms with Crippen molar-refractivity contribution in [3.8, 4) is 17.2 Å². The van der Waals surface area contributed by atoms with Gasteiger partial charge in [0.2, 0.25) is 5.69 Å². The van der Waals surface area contributed by atoms with Gasteiger partial charge in [0.1, 0.15) is 5.75 Å². The predicted octanol–water partition coefficient (Wildman–Crippen LogP) is 2.88. The number of amides is 1. The Morgan fingerprint density at radius 2 is 1.88 bits per heavy atom. The molecule has 10 heteroatoms. The number of esters is 1. The van der Waals surface area contributed by atoms with Crippen LogP contribution in [-0.4, -0.2) is 42.0 Å². The molecule has 0 bridgehead atoms. The Balaban J connectivity index is 1.78. The summed E-state index contributed by atoms with van der Waals surface area (Å²) in [4.78, 5) is 37.4. The van der Waals surface area contributed by atoms with Gasteiger partial charge in [-0.25, -0.2) is 4.79 Å². The minimum Gasteiger partial charge on any atom is -0.496 e. The van der Waals surface area contributed by atoms with Gasteiger partial charge in [0.05, 0.1) is 25.5 Å². The molecule has 2 aromatic carbocycles. The normalized spacial score (nSPS) is 10.4. The quantitative estimate of drug-likeness (QED) is 0.436. The van der Waals surface area contributed by atoms with Crippen molar-refractivity contribution >= 4 is 27.8 Å². The molecule has 1 aromatic heterocycles. The van der Waals surface area contributed by atoms with Crippen molar-refractivity contribution in [2.24, 2.45) is 0 Å². The Bertz CT molecular complexity index is 1210. The molecule has 0 saturated heterocycles. The van der Waals surface area contributed by atoms with E-state index in [0.29, 0.717) is 11.4 Å². The average molecular weight is 516 g/mol. The van der Waals surface area contributed by atoms with Crippen LogP contribution in [0.4, 0.5) is 0 Å². The topological polar surface area (TPSA) is 109 Å². The number of hydrogen-bond acceptors (Lipinski definition) is 7. The fourth-order valence-electron chi connectivity index (χ4n) is 2.92. The molecule has 0 atom stereocenters. The molecular formula is C23H22BrN3O6. The van der Waals surface area contributed by atoms with Crippen molar-refractivity contribution in [3.05, 3.63) is 80.7 Å². The van der Waals surface area contributed by atoms with Gasteiger partial charge in [-0.2, -0.15) is 9.78 Å². The van der Waals surface area contributed by atoms with E-state index in [2.05, 4.69) is 26.3 Å². The zero-order valence-corrected chi connectivity index (χ0v) is 19.6. The fourth-order valence-corrected chi connectivity index (χ4v) is 3.31. The Labute approximate surface area is 198 Å². The number of rotatable bonds is 9. The highest BCUT2D eigenvalue weighted by Crippen LogP contribution is 2.19. The fraction of sp³-hybridized carbons (Fsp3) is 0.217. The van der Waals surface area contributed by atoms with Crippen LogP contribution in [0.25, 0.3) is 5.69 Å². The number of para-hydroxylation sites is 1. The van der Waals surface area contributed by atoms with Crippen molar-refractivity contribution in [1.29, 1.82) is 0 Å². The Hall–Kier alpha value is -3.66. The average Bonchev–Trinajstić information content (AvgIpc) is 2.81. The van der Waals surface area contributed by atoms with E-state index < -0.39 is 24.0 Å². The third-order valence-electron chi connectivity index (χ3n) is 4.45. The smallest absolute Gasteiger partial charge is 0.362 e. The zero-order valence-electron chi connectivity index (χ0n) is 18.0. The van der Waals surface area contributed by atoms with Gasteiger partial charge in [-0.3, -0.25) is 9.59 Å². The molecule has 0 aliphatic carbocycles. The van der Waals surface area contributed by atoms with Gasteiger partial charge in [0.25, 0.3) is 11.5 Å². The molecule has 172 valence electrons. The highest BCUT2D eigenvalue weighted by molar-refractivity contribution is 9.10. The van der Waals surface area contributed by atoms with Gasteiger partial charge in [-0.15, -0.1) is 0 Å². The number of aromatic nitrogens is 2. The lowest BCUT2D eigenvalue weighted by atomic mass is 10.2. The Morgan fingerprint density at radius 3 is 2.61 bits per heavy atom. The van der Waals surface area contributed by atoms with Gasteiger partial charge in [0.15, 0.2) is 12.4 Å². The summed E-state index contributed by atoms with van der Waals surface area (Å²) in [6, 6.07) is 15.2. The number of nitrogens with zero attached hydrogens (tertiary/aromatic N) is 2. The lowest BCUT2D eigenvalue weighted by Gasteiger charge is -2.13. The standard InChI is InChI=1S/C23H22BrN3O6/c1-3-32-23(30)22-19(12-21(29)27(26-22)17-9-6-8-16(24)11-17)33-14-20(28)25-13-15-7-4-5-10-18(15)31-2/h4-12H,3,13-14H2,1-2H3,(H,25,28). The van der Waals surface area contributed by atoms with Gasteiger partial charge < -0.3 is 19.5 Å². The first kappa shape index (κ1) is 24.0. The maximum Gasteiger partial charge on any atom is 0.362 e. The molecule has 0 radical (unpaired) electrons. The highest BCUT2D eigenvalue weighted by atomic mass is 79.9. The monoisotopic (exact) mass is 515 g/mol. The van der Waals surface area contributed by atoms with Crippen molar-refractivity contribution < 1.29 is 23.8 Å². The van der Waals surface area contributed by atoms with E-state index in [0.717, 1.165) is 20.8 Å². The van der Waals surface area contributed by atoms with E-state index in [4.69, 9.17) is 14.2 Å². The van der Waals surface area contributed by atoms with Crippen LogP contribution in [-0.2, 0) is 16.1 Å². The minimum atomic E-state index is -0.773. The summed E-state index contributed by atoms with van der Waals surface area (Å²) < 4.78 is 17.6. The van der Waals surface area contributed by atoms with Crippen LogP contribution in [0.15, 0.2) is 63.9 Å². The summed E-state index contributed by atoms with van der Waals surface area (Å²) >= 11 is 3.34. The summed E-state index contributed by atoms with van der Waals surface area (Å²) in [5, 5.41) is 6.84. The van der Waals surface area contributed by atoms with Crippen LogP contribution in [0.2, 0.25) is 0 Å². The first-order valence-corrected chi connectivity index (χ1v) is 10.8. The van der Waals surface area contributed by atoms with Crippen LogP contribution in [0.3, 0.4) is 0 Å². The number of carbonyl (C=O) groups excluding carboxylic acids is 2. The van der Waals surface area contributed by atoms with Crippen LogP contribution in [0.1, 0.15) is 23.0 Å². The van der Waals surface area contributed by atoms with Gasteiger partial charge >= 0.3 is 5.97 Å². The summed E-state index contributed by atoms with van der Waals surface area (Å²) in [5.74, 6) is -0.724. The molecule has 3 aromatic rings. The predicted molar refractivity (Wildman–Crippen MR) is 124 cm³/mol. The molecule has 1 amide bonds. The van der Waals surface area contributed by atoms with Crippen LogP contribution in [0, 0.1) is 0 Å². The Morgan fingerprint density at radius 1 is 1.09 bits per heavy atom. The highest BCUT2D eigenvalue weighted by Gasteiger charge is 2.20. The van der Waals surface area contributed by atoms with E-state index in [1.54, 1.807) is 44.4 Å². The second-order valence-corrected chi connectivity index (χ2v) is 7.60. The molecule has 0 unspecified atom stereocenters. The Kier molecular flexibility index (Phi) is 8.20. The van der Waals surface area contributed by atoms with Crippen LogP contribution in [0.5, 0.6) is 11.5 Å². The van der Waals surface area contributed by atoms with Crippen molar-refractivity contribution in [1.82, 2.24) is 15.1 Å². The summed E-state index contributed by atoms with van der Waals surface area (Å²) in [6.07, 6.45) is 0. The molecule has 1 N–H and O–H groups in total. The second-order valence-electron chi connectivity index (χ2n) is 6.68. The number of carbonyl (C=O) groups is 2. The first-order chi connectivity index (χ1) is 15.9. The van der Waals surface area contributed by atoms with E-state index in [-0.39, 0.29) is 24.6 Å². The molecule has 0 aliphatic rings. The molecule has 0 saturated carbocycles. The SMILES string of the molecule is CCOC(=O)c1nn(-c2cccc(Br)c2)c(=O)cc1OCC(=O)NCc1ccccc1OC. The van der Waals surface area contributed by atoms with Gasteiger partial charge in [-0.1, -0.05) is 40.2 Å². The third kappa shape index (κ3) is 6.19. The summed E-state index contributed by atoms with van der Waals surface area (Å²) in [6.45, 7) is 1.55. The van der Waals surface area contributed by atoms with Crippen molar-refractivity contribution in [3.63, 3.8) is 0 Å². The molecular weight excluding hydrogens is 494 g/mol. The first-order valence-electron chi connectivity index (χ1n) is 10.0. The minimum absolute atomic E-state index is 0.107. The molecule has 1 heterocycles. The van der Waals surface area contributed by atoms with E-state index in [1.807, 2.05) is 18.2 Å². The number of hydrogen-bond donors (Lipinski definition) is 1. The van der Waals surface area contributed by atoms with E-state index >= 15 is 0 Å². The molecule has 3 rings (SSSR count). The van der Waals surface area contributed by atoms with Crippen molar-refractivity contribution in [2.45, 2.75) is 13.5 Å². The van der Waals surface area contributed by atoms with Crippen LogP contribution >= 0.6 is 15.9 Å². The van der Waals surface area contributed by atoms with E-state index in [9.17, 15) is 14.4 Å². The number of nitrogens with one attached hydrogen (secondary N) is 1. The second kappa shape index (κ2) is 11.3.